The number of amides is 1. The van der Waals surface area contributed by atoms with Gasteiger partial charge < -0.3 is 10.3 Å². The lowest BCUT2D eigenvalue weighted by Crippen LogP contribution is -2.30. The second-order valence-electron chi connectivity index (χ2n) is 7.24. The summed E-state index contributed by atoms with van der Waals surface area (Å²) in [5.74, 6) is -0.363. The molecule has 31 heavy (non-hydrogen) atoms. The molecule has 1 amide bonds. The van der Waals surface area contributed by atoms with Gasteiger partial charge in [0.2, 0.25) is 15.6 Å². The Morgan fingerprint density at radius 2 is 1.68 bits per heavy atom. The molecule has 2 N–H and O–H groups in total. The quantitative estimate of drug-likeness (QED) is 0.556. The van der Waals surface area contributed by atoms with Crippen LogP contribution in [0.25, 0.3) is 10.9 Å². The topological polar surface area (TPSA) is 99.3 Å². The van der Waals surface area contributed by atoms with E-state index in [-0.39, 0.29) is 16.4 Å². The highest BCUT2D eigenvalue weighted by atomic mass is 32.2. The number of pyridine rings is 1. The molecule has 0 aliphatic heterocycles. The minimum absolute atomic E-state index is 0.152. The number of hydrogen-bond acceptors (Lipinski definition) is 4. The summed E-state index contributed by atoms with van der Waals surface area (Å²) in [6.45, 7) is 6.38. The van der Waals surface area contributed by atoms with Crippen molar-refractivity contribution in [3.8, 4) is 0 Å². The van der Waals surface area contributed by atoms with Crippen molar-refractivity contribution in [2.45, 2.75) is 38.5 Å². The lowest BCUT2D eigenvalue weighted by molar-refractivity contribution is 0.102. The van der Waals surface area contributed by atoms with Crippen LogP contribution >= 0.6 is 0 Å². The zero-order valence-electron chi connectivity index (χ0n) is 17.9. The van der Waals surface area contributed by atoms with Crippen molar-refractivity contribution < 1.29 is 13.2 Å². The number of nitrogens with zero attached hydrogens (tertiary/aromatic N) is 1. The van der Waals surface area contributed by atoms with Gasteiger partial charge in [-0.3, -0.25) is 9.59 Å². The molecule has 0 aliphatic rings. The van der Waals surface area contributed by atoms with Gasteiger partial charge >= 0.3 is 0 Å². The van der Waals surface area contributed by atoms with Crippen LogP contribution in [-0.2, 0) is 16.4 Å². The Hall–Kier alpha value is -2.97. The fraction of sp³-hybridized carbons (Fsp3) is 0.304. The average molecular weight is 442 g/mol. The molecular weight excluding hydrogens is 414 g/mol. The highest BCUT2D eigenvalue weighted by Crippen LogP contribution is 2.22. The molecule has 0 fully saturated rings. The Morgan fingerprint density at radius 3 is 2.29 bits per heavy atom. The van der Waals surface area contributed by atoms with E-state index in [4.69, 9.17) is 0 Å². The number of benzene rings is 2. The van der Waals surface area contributed by atoms with E-state index in [1.807, 2.05) is 6.07 Å². The first-order valence-electron chi connectivity index (χ1n) is 10.4. The highest BCUT2D eigenvalue weighted by Gasteiger charge is 2.21. The number of aromatic amines is 1. The van der Waals surface area contributed by atoms with Crippen LogP contribution in [0.1, 0.15) is 43.1 Å². The fourth-order valence-corrected chi connectivity index (χ4v) is 5.04. The van der Waals surface area contributed by atoms with Gasteiger partial charge in [0.1, 0.15) is 0 Å². The molecule has 7 nitrogen and oxygen atoms in total. The summed E-state index contributed by atoms with van der Waals surface area (Å²) in [6, 6.07) is 12.9. The number of aromatic nitrogens is 1. The Kier molecular flexibility index (Phi) is 6.92. The summed E-state index contributed by atoms with van der Waals surface area (Å²) < 4.78 is 26.5. The largest absolute Gasteiger partial charge is 0.322 e. The third-order valence-corrected chi connectivity index (χ3v) is 7.23. The zero-order valence-corrected chi connectivity index (χ0v) is 18.8. The van der Waals surface area contributed by atoms with Gasteiger partial charge in [0.25, 0.3) is 5.91 Å². The lowest BCUT2D eigenvalue weighted by atomic mass is 10.0. The smallest absolute Gasteiger partial charge is 0.255 e. The average Bonchev–Trinajstić information content (AvgIpc) is 2.74. The van der Waals surface area contributed by atoms with Crippen LogP contribution < -0.4 is 10.9 Å². The molecule has 1 heterocycles. The van der Waals surface area contributed by atoms with E-state index < -0.39 is 10.0 Å². The minimum Gasteiger partial charge on any atom is -0.322 e. The van der Waals surface area contributed by atoms with Crippen LogP contribution in [0, 0.1) is 0 Å². The predicted octanol–water partition coefficient (Wildman–Crippen LogP) is 3.76. The molecule has 2 aromatic carbocycles. The van der Waals surface area contributed by atoms with Gasteiger partial charge in [-0.25, -0.2) is 8.42 Å². The van der Waals surface area contributed by atoms with E-state index in [0.29, 0.717) is 29.9 Å². The number of H-pyrrole nitrogens is 1. The predicted molar refractivity (Wildman–Crippen MR) is 123 cm³/mol. The van der Waals surface area contributed by atoms with Crippen LogP contribution in [0.4, 0.5) is 5.69 Å². The first-order chi connectivity index (χ1) is 14.8. The first-order valence-corrected chi connectivity index (χ1v) is 11.8. The maximum absolute atomic E-state index is 12.7. The highest BCUT2D eigenvalue weighted by molar-refractivity contribution is 7.89. The Bertz CT molecular complexity index is 1240. The number of anilines is 1. The number of rotatable bonds is 8. The van der Waals surface area contributed by atoms with Gasteiger partial charge in [-0.1, -0.05) is 33.3 Å². The number of sulfonamides is 1. The second kappa shape index (κ2) is 9.45. The van der Waals surface area contributed by atoms with E-state index in [1.54, 1.807) is 32.0 Å². The number of hydrogen-bond donors (Lipinski definition) is 2. The number of aryl methyl sites for hydroxylation is 1. The van der Waals surface area contributed by atoms with Gasteiger partial charge in [-0.15, -0.1) is 0 Å². The maximum Gasteiger partial charge on any atom is 0.255 e. The van der Waals surface area contributed by atoms with Crippen LogP contribution in [0.2, 0.25) is 0 Å². The number of carbonyl (C=O) groups is 1. The monoisotopic (exact) mass is 441 g/mol. The standard InChI is InChI=1S/C23H27N3O4S/c1-4-7-17-14-22(27)25-21-15-18(10-13-20(17)21)24-23(28)16-8-11-19(12-9-16)31(29,30)26(5-2)6-3/h8-15H,4-7H2,1-3H3,(H,24,28)(H,25,27). The molecule has 0 radical (unpaired) electrons. The molecule has 0 saturated heterocycles. The second-order valence-corrected chi connectivity index (χ2v) is 9.17. The van der Waals surface area contributed by atoms with Gasteiger partial charge in [-0.05, 0) is 48.4 Å². The third-order valence-electron chi connectivity index (χ3n) is 5.17. The van der Waals surface area contributed by atoms with Crippen LogP contribution in [0.15, 0.2) is 58.2 Å². The van der Waals surface area contributed by atoms with Crippen LogP contribution in [0.5, 0.6) is 0 Å². The number of nitrogens with one attached hydrogen (secondary N) is 2. The Labute approximate surface area is 182 Å². The molecule has 0 saturated carbocycles. The van der Waals surface area contributed by atoms with Crippen LogP contribution in [0.3, 0.4) is 0 Å². The molecule has 1 aromatic heterocycles. The fourth-order valence-electron chi connectivity index (χ4n) is 3.58. The molecule has 3 rings (SSSR count). The van der Waals surface area contributed by atoms with Crippen molar-refractivity contribution in [1.82, 2.24) is 9.29 Å². The summed E-state index contributed by atoms with van der Waals surface area (Å²) in [7, 11) is -3.57. The summed E-state index contributed by atoms with van der Waals surface area (Å²) >= 11 is 0. The molecule has 0 atom stereocenters. The van der Waals surface area contributed by atoms with E-state index >= 15 is 0 Å². The first kappa shape index (κ1) is 22.7. The third kappa shape index (κ3) is 4.86. The van der Waals surface area contributed by atoms with Gasteiger partial charge in [-0.2, -0.15) is 4.31 Å². The molecule has 0 bridgehead atoms. The van der Waals surface area contributed by atoms with Gasteiger partial charge in [0.05, 0.1) is 10.4 Å². The molecule has 0 unspecified atom stereocenters. The van der Waals surface area contributed by atoms with E-state index in [1.165, 1.54) is 28.6 Å². The molecule has 8 heteroatoms. The zero-order chi connectivity index (χ0) is 22.6. The van der Waals surface area contributed by atoms with Crippen molar-refractivity contribution in [2.75, 3.05) is 18.4 Å². The molecule has 0 spiro atoms. The molecule has 0 aliphatic carbocycles. The maximum atomic E-state index is 12.7. The van der Waals surface area contributed by atoms with Crippen molar-refractivity contribution in [3.63, 3.8) is 0 Å². The summed E-state index contributed by atoms with van der Waals surface area (Å²) in [6.07, 6.45) is 1.73. The number of carbonyl (C=O) groups excluding carboxylic acids is 1. The van der Waals surface area contributed by atoms with Gasteiger partial charge in [0, 0.05) is 35.8 Å². The van der Waals surface area contributed by atoms with Crippen molar-refractivity contribution in [2.24, 2.45) is 0 Å². The summed E-state index contributed by atoms with van der Waals surface area (Å²) in [5.41, 5.74) is 2.34. The van der Waals surface area contributed by atoms with E-state index in [2.05, 4.69) is 17.2 Å². The Morgan fingerprint density at radius 1 is 1.00 bits per heavy atom. The van der Waals surface area contributed by atoms with Crippen molar-refractivity contribution in [1.29, 1.82) is 0 Å². The molecule has 3 aromatic rings. The minimum atomic E-state index is -3.57. The summed E-state index contributed by atoms with van der Waals surface area (Å²) in [5, 5.41) is 3.75. The van der Waals surface area contributed by atoms with Crippen LogP contribution in [-0.4, -0.2) is 36.7 Å². The molecular formula is C23H27N3O4S. The summed E-state index contributed by atoms with van der Waals surface area (Å²) in [4.78, 5) is 27.6. The molecule has 164 valence electrons. The van der Waals surface area contributed by atoms with E-state index in [9.17, 15) is 18.0 Å². The van der Waals surface area contributed by atoms with Crippen molar-refractivity contribution >= 4 is 32.5 Å². The number of fused-ring (bicyclic) bond motifs is 1. The van der Waals surface area contributed by atoms with Crippen molar-refractivity contribution in [3.05, 3.63) is 70.0 Å². The normalized spacial score (nSPS) is 11.7. The Balaban J connectivity index is 1.83. The lowest BCUT2D eigenvalue weighted by Gasteiger charge is -2.18. The van der Waals surface area contributed by atoms with Gasteiger partial charge in [0.15, 0.2) is 0 Å². The van der Waals surface area contributed by atoms with E-state index in [0.717, 1.165) is 23.8 Å². The SMILES string of the molecule is CCCc1cc(=O)[nH]c2cc(NC(=O)c3ccc(S(=O)(=O)N(CC)CC)cc3)ccc12.